The van der Waals surface area contributed by atoms with Crippen molar-refractivity contribution in [3.8, 4) is 0 Å². The molecule has 0 aliphatic heterocycles. The fraction of sp³-hybridized carbons (Fsp3) is 0.786. The highest BCUT2D eigenvalue weighted by Crippen LogP contribution is 2.38. The number of hydrogen-bond acceptors (Lipinski definition) is 6. The van der Waals surface area contributed by atoms with Crippen LogP contribution in [0.2, 0.25) is 0 Å². The van der Waals surface area contributed by atoms with Crippen LogP contribution >= 0.6 is 0 Å². The Bertz CT molecular complexity index is 452. The van der Waals surface area contributed by atoms with E-state index in [1.807, 2.05) is 0 Å². The third kappa shape index (κ3) is 2.85. The average Bonchev–Trinajstić information content (AvgIpc) is 2.97. The van der Waals surface area contributed by atoms with Gasteiger partial charge in [0.05, 0.1) is 6.61 Å². The topological polar surface area (TPSA) is 74.5 Å². The second-order valence-corrected chi connectivity index (χ2v) is 5.19. The molecule has 1 fully saturated rings. The minimum atomic E-state index is -0.548. The summed E-state index contributed by atoms with van der Waals surface area (Å²) in [5, 5.41) is 4.03. The Morgan fingerprint density at radius 1 is 1.40 bits per heavy atom. The summed E-state index contributed by atoms with van der Waals surface area (Å²) >= 11 is 0. The highest BCUT2D eigenvalue weighted by atomic mass is 16.5. The van der Waals surface area contributed by atoms with Crippen molar-refractivity contribution in [3.05, 3.63) is 11.7 Å². The Morgan fingerprint density at radius 2 is 2.10 bits per heavy atom. The molecule has 1 saturated carbocycles. The largest absolute Gasteiger partial charge is 0.465 e. The first-order chi connectivity index (χ1) is 9.63. The van der Waals surface area contributed by atoms with Crippen LogP contribution in [0.3, 0.4) is 0 Å². The zero-order valence-corrected chi connectivity index (χ0v) is 12.3. The van der Waals surface area contributed by atoms with Gasteiger partial charge in [0.2, 0.25) is 11.7 Å². The normalized spacial score (nSPS) is 19.6. The number of rotatable bonds is 5. The van der Waals surface area contributed by atoms with Crippen LogP contribution < -0.4 is 0 Å². The molecule has 6 nitrogen and oxygen atoms in total. The molecule has 0 saturated heterocycles. The number of hydrogen-bond donors (Lipinski definition) is 0. The fourth-order valence-electron chi connectivity index (χ4n) is 2.61. The van der Waals surface area contributed by atoms with E-state index in [9.17, 15) is 4.79 Å². The van der Waals surface area contributed by atoms with Gasteiger partial charge in [0.1, 0.15) is 11.5 Å². The highest BCUT2D eigenvalue weighted by Gasteiger charge is 2.39. The predicted octanol–water partition coefficient (Wildman–Crippen LogP) is 2.54. The molecule has 0 amide bonds. The third-order valence-electron chi connectivity index (χ3n) is 3.91. The van der Waals surface area contributed by atoms with Crippen LogP contribution in [0.25, 0.3) is 0 Å². The Morgan fingerprint density at radius 3 is 2.70 bits per heavy atom. The summed E-state index contributed by atoms with van der Waals surface area (Å²) in [6, 6.07) is 0. The molecule has 20 heavy (non-hydrogen) atoms. The predicted molar refractivity (Wildman–Crippen MR) is 71.1 cm³/mol. The lowest BCUT2D eigenvalue weighted by molar-refractivity contribution is -0.145. The van der Waals surface area contributed by atoms with Crippen LogP contribution in [0, 0.1) is 0 Å². The number of carbonyl (C=O) groups excluding carboxylic acids is 1. The third-order valence-corrected chi connectivity index (χ3v) is 3.91. The van der Waals surface area contributed by atoms with Crippen molar-refractivity contribution in [2.75, 3.05) is 13.7 Å². The summed E-state index contributed by atoms with van der Waals surface area (Å²) in [5.74, 6) is -0.0576. The van der Waals surface area contributed by atoms with Gasteiger partial charge >= 0.3 is 5.97 Å². The molecular formula is C14H22N2O4. The summed E-state index contributed by atoms with van der Waals surface area (Å²) in [5.41, 5.74) is -0.464. The number of esters is 1. The van der Waals surface area contributed by atoms with Gasteiger partial charge in [-0.3, -0.25) is 4.79 Å². The maximum atomic E-state index is 11.7. The van der Waals surface area contributed by atoms with Gasteiger partial charge in [-0.25, -0.2) is 0 Å². The van der Waals surface area contributed by atoms with Gasteiger partial charge in [-0.05, 0) is 26.7 Å². The monoisotopic (exact) mass is 282 g/mol. The molecule has 0 spiro atoms. The van der Waals surface area contributed by atoms with Crippen LogP contribution in [0.4, 0.5) is 0 Å². The Hall–Kier alpha value is -1.43. The number of nitrogens with zero attached hydrogens (tertiary/aromatic N) is 2. The van der Waals surface area contributed by atoms with Gasteiger partial charge in [0, 0.05) is 7.11 Å². The van der Waals surface area contributed by atoms with E-state index in [0.29, 0.717) is 18.3 Å². The standard InChI is InChI=1S/C14H22N2O4/c1-4-19-12(17)10(2)11-15-13(16-20-11)14(18-3)8-6-5-7-9-14/h10H,4-9H2,1-3H3. The van der Waals surface area contributed by atoms with Gasteiger partial charge in [-0.15, -0.1) is 0 Å². The maximum absolute atomic E-state index is 11.7. The van der Waals surface area contributed by atoms with E-state index in [1.165, 1.54) is 6.42 Å². The van der Waals surface area contributed by atoms with E-state index in [0.717, 1.165) is 25.7 Å². The molecule has 1 aliphatic rings. The van der Waals surface area contributed by atoms with Gasteiger partial charge < -0.3 is 14.0 Å². The molecule has 0 aromatic carbocycles. The van der Waals surface area contributed by atoms with Gasteiger partial charge in [0.25, 0.3) is 0 Å². The first-order valence-corrected chi connectivity index (χ1v) is 7.19. The van der Waals surface area contributed by atoms with Crippen molar-refractivity contribution in [1.82, 2.24) is 10.1 Å². The highest BCUT2D eigenvalue weighted by molar-refractivity contribution is 5.76. The van der Waals surface area contributed by atoms with Crippen molar-refractivity contribution in [3.63, 3.8) is 0 Å². The molecular weight excluding hydrogens is 260 g/mol. The number of ether oxygens (including phenoxy) is 2. The van der Waals surface area contributed by atoms with Crippen LogP contribution in [0.1, 0.15) is 63.6 Å². The van der Waals surface area contributed by atoms with Crippen LogP contribution in [0.15, 0.2) is 4.52 Å². The summed E-state index contributed by atoms with van der Waals surface area (Å²) in [6.45, 7) is 3.81. The minimum Gasteiger partial charge on any atom is -0.465 e. The first kappa shape index (κ1) is 15.0. The zero-order valence-electron chi connectivity index (χ0n) is 12.3. The van der Waals surface area contributed by atoms with E-state index in [-0.39, 0.29) is 5.97 Å². The molecule has 1 heterocycles. The molecule has 1 aliphatic carbocycles. The average molecular weight is 282 g/mol. The zero-order chi connectivity index (χ0) is 14.6. The van der Waals surface area contributed by atoms with E-state index in [1.54, 1.807) is 21.0 Å². The Kier molecular flexibility index (Phi) is 4.75. The van der Waals surface area contributed by atoms with Crippen molar-refractivity contribution in [2.45, 2.75) is 57.5 Å². The molecule has 1 unspecified atom stereocenters. The fourth-order valence-corrected chi connectivity index (χ4v) is 2.61. The lowest BCUT2D eigenvalue weighted by Gasteiger charge is -2.32. The van der Waals surface area contributed by atoms with Crippen LogP contribution in [-0.2, 0) is 19.9 Å². The summed E-state index contributed by atoms with van der Waals surface area (Å²) in [6.07, 6.45) is 5.15. The van der Waals surface area contributed by atoms with Gasteiger partial charge in [0.15, 0.2) is 0 Å². The summed E-state index contributed by atoms with van der Waals surface area (Å²) in [4.78, 5) is 16.1. The molecule has 0 radical (unpaired) electrons. The molecule has 0 bridgehead atoms. The summed E-state index contributed by atoms with van der Waals surface area (Å²) < 4.78 is 15.9. The van der Waals surface area contributed by atoms with E-state index >= 15 is 0 Å². The van der Waals surface area contributed by atoms with Gasteiger partial charge in [-0.1, -0.05) is 24.4 Å². The number of carbonyl (C=O) groups is 1. The molecule has 2 rings (SSSR count). The van der Waals surface area contributed by atoms with Crippen molar-refractivity contribution in [1.29, 1.82) is 0 Å². The van der Waals surface area contributed by atoms with Crippen LogP contribution in [-0.4, -0.2) is 29.8 Å². The molecule has 1 aromatic rings. The first-order valence-electron chi connectivity index (χ1n) is 7.19. The van der Waals surface area contributed by atoms with E-state index in [4.69, 9.17) is 14.0 Å². The molecule has 1 aromatic heterocycles. The number of methoxy groups -OCH3 is 1. The van der Waals surface area contributed by atoms with Crippen molar-refractivity contribution in [2.24, 2.45) is 0 Å². The minimum absolute atomic E-state index is 0.292. The second kappa shape index (κ2) is 6.35. The van der Waals surface area contributed by atoms with Crippen LogP contribution in [0.5, 0.6) is 0 Å². The Labute approximate surface area is 118 Å². The van der Waals surface area contributed by atoms with Crippen molar-refractivity contribution >= 4 is 5.97 Å². The molecule has 0 N–H and O–H groups in total. The molecule has 6 heteroatoms. The number of aromatic nitrogens is 2. The molecule has 1 atom stereocenters. The van der Waals surface area contributed by atoms with Crippen molar-refractivity contribution < 1.29 is 18.8 Å². The Balaban J connectivity index is 2.17. The van der Waals surface area contributed by atoms with E-state index < -0.39 is 11.5 Å². The van der Waals surface area contributed by atoms with E-state index in [2.05, 4.69) is 10.1 Å². The molecule has 112 valence electrons. The SMILES string of the molecule is CCOC(=O)C(C)c1nc(C2(OC)CCCCC2)no1. The lowest BCUT2D eigenvalue weighted by Crippen LogP contribution is -2.32. The smallest absolute Gasteiger partial charge is 0.318 e. The lowest BCUT2D eigenvalue weighted by atomic mass is 9.84. The quantitative estimate of drug-likeness (QED) is 0.773. The maximum Gasteiger partial charge on any atom is 0.318 e. The second-order valence-electron chi connectivity index (χ2n) is 5.19. The van der Waals surface area contributed by atoms with Gasteiger partial charge in [-0.2, -0.15) is 4.98 Å². The summed E-state index contributed by atoms with van der Waals surface area (Å²) in [7, 11) is 1.68.